The van der Waals surface area contributed by atoms with Crippen molar-refractivity contribution in [3.05, 3.63) is 28.8 Å². The van der Waals surface area contributed by atoms with Gasteiger partial charge in [-0.1, -0.05) is 6.07 Å². The standard InChI is InChI=1S/C17H21NO4/c1-10-6-12-8-14(22-13(12)7-11(10)2)16(21)18-17(4-3-5-17)9-15(19)20/h6-7,14H,3-5,8-9H2,1-2H3,(H,18,21)(H,19,20). The summed E-state index contributed by atoms with van der Waals surface area (Å²) in [5.41, 5.74) is 2.79. The SMILES string of the molecule is Cc1cc2c(cc1C)OC(C(=O)NC1(CC(=O)O)CCC1)C2. The van der Waals surface area contributed by atoms with Gasteiger partial charge in [-0.25, -0.2) is 0 Å². The predicted octanol–water partition coefficient (Wildman–Crippen LogP) is 2.12. The Labute approximate surface area is 129 Å². The van der Waals surface area contributed by atoms with Crippen LogP contribution in [0.3, 0.4) is 0 Å². The molecule has 1 aliphatic heterocycles. The number of amides is 1. The molecule has 1 aromatic rings. The van der Waals surface area contributed by atoms with E-state index in [1.165, 1.54) is 5.56 Å². The molecule has 5 nitrogen and oxygen atoms in total. The first-order chi connectivity index (χ1) is 10.4. The van der Waals surface area contributed by atoms with Gasteiger partial charge in [0.2, 0.25) is 0 Å². The van der Waals surface area contributed by atoms with Crippen LogP contribution in [0.25, 0.3) is 0 Å². The van der Waals surface area contributed by atoms with E-state index < -0.39 is 17.6 Å². The Morgan fingerprint density at radius 3 is 2.59 bits per heavy atom. The van der Waals surface area contributed by atoms with Crippen molar-refractivity contribution in [1.82, 2.24) is 5.32 Å². The van der Waals surface area contributed by atoms with Crippen LogP contribution in [0.15, 0.2) is 12.1 Å². The summed E-state index contributed by atoms with van der Waals surface area (Å²) in [6.07, 6.45) is 2.38. The Morgan fingerprint density at radius 2 is 2.00 bits per heavy atom. The quantitative estimate of drug-likeness (QED) is 0.893. The number of aryl methyl sites for hydroxylation is 2. The summed E-state index contributed by atoms with van der Waals surface area (Å²) in [6, 6.07) is 4.03. The molecule has 1 saturated carbocycles. The second-order valence-electron chi connectivity index (χ2n) is 6.55. The molecule has 0 saturated heterocycles. The largest absolute Gasteiger partial charge is 0.481 e. The molecule has 0 aromatic heterocycles. The van der Waals surface area contributed by atoms with Gasteiger partial charge in [0.05, 0.1) is 12.0 Å². The molecule has 118 valence electrons. The number of aliphatic carboxylic acids is 1. The molecule has 1 aliphatic carbocycles. The Bertz CT molecular complexity index is 603. The molecular formula is C17H21NO4. The Morgan fingerprint density at radius 1 is 1.32 bits per heavy atom. The molecule has 22 heavy (non-hydrogen) atoms. The van der Waals surface area contributed by atoms with Crippen LogP contribution in [-0.2, 0) is 16.0 Å². The van der Waals surface area contributed by atoms with Gasteiger partial charge in [0.25, 0.3) is 5.91 Å². The summed E-state index contributed by atoms with van der Waals surface area (Å²) in [4.78, 5) is 23.4. The van der Waals surface area contributed by atoms with Crippen LogP contribution in [-0.4, -0.2) is 28.6 Å². The van der Waals surface area contributed by atoms with E-state index in [9.17, 15) is 9.59 Å². The summed E-state index contributed by atoms with van der Waals surface area (Å²) < 4.78 is 5.76. The molecule has 0 bridgehead atoms. The fourth-order valence-electron chi connectivity index (χ4n) is 3.24. The first-order valence-electron chi connectivity index (χ1n) is 7.69. The van der Waals surface area contributed by atoms with E-state index in [0.29, 0.717) is 6.42 Å². The Hall–Kier alpha value is -2.04. The highest BCUT2D eigenvalue weighted by atomic mass is 16.5. The topological polar surface area (TPSA) is 75.6 Å². The molecule has 0 spiro atoms. The number of carbonyl (C=O) groups is 2. The fraction of sp³-hybridized carbons (Fsp3) is 0.529. The van der Waals surface area contributed by atoms with E-state index >= 15 is 0 Å². The number of rotatable bonds is 4. The molecule has 1 unspecified atom stereocenters. The number of nitrogens with one attached hydrogen (secondary N) is 1. The van der Waals surface area contributed by atoms with Gasteiger partial charge in [0.1, 0.15) is 5.75 Å². The molecule has 2 aliphatic rings. The Kier molecular flexibility index (Phi) is 3.59. The minimum Gasteiger partial charge on any atom is -0.481 e. The van der Waals surface area contributed by atoms with Crippen LogP contribution in [0.5, 0.6) is 5.75 Å². The van der Waals surface area contributed by atoms with E-state index in [-0.39, 0.29) is 12.3 Å². The maximum atomic E-state index is 12.4. The molecule has 0 radical (unpaired) electrons. The van der Waals surface area contributed by atoms with Gasteiger partial charge >= 0.3 is 5.97 Å². The molecule has 1 aromatic carbocycles. The molecule has 5 heteroatoms. The second kappa shape index (κ2) is 5.30. The molecule has 1 atom stereocenters. The number of hydrogen-bond acceptors (Lipinski definition) is 3. The highest BCUT2D eigenvalue weighted by Crippen LogP contribution is 2.36. The van der Waals surface area contributed by atoms with E-state index in [0.717, 1.165) is 36.1 Å². The van der Waals surface area contributed by atoms with Crippen molar-refractivity contribution in [1.29, 1.82) is 0 Å². The van der Waals surface area contributed by atoms with E-state index in [1.54, 1.807) is 0 Å². The van der Waals surface area contributed by atoms with Gasteiger partial charge in [-0.05, 0) is 55.9 Å². The van der Waals surface area contributed by atoms with Crippen LogP contribution in [0.4, 0.5) is 0 Å². The van der Waals surface area contributed by atoms with Crippen molar-refractivity contribution in [2.24, 2.45) is 0 Å². The molecule has 1 amide bonds. The molecule has 3 rings (SSSR count). The number of carboxylic acids is 1. The first kappa shape index (κ1) is 14.9. The maximum absolute atomic E-state index is 12.4. The van der Waals surface area contributed by atoms with E-state index in [4.69, 9.17) is 9.84 Å². The monoisotopic (exact) mass is 303 g/mol. The number of ether oxygens (including phenoxy) is 1. The zero-order valence-corrected chi connectivity index (χ0v) is 12.9. The van der Waals surface area contributed by atoms with E-state index in [2.05, 4.69) is 11.4 Å². The highest BCUT2D eigenvalue weighted by molar-refractivity contribution is 5.84. The summed E-state index contributed by atoms with van der Waals surface area (Å²) in [5, 5.41) is 11.9. The summed E-state index contributed by atoms with van der Waals surface area (Å²) in [6.45, 7) is 4.06. The molecular weight excluding hydrogens is 282 g/mol. The lowest BCUT2D eigenvalue weighted by atomic mass is 9.74. The average Bonchev–Trinajstić information content (AvgIpc) is 2.79. The van der Waals surface area contributed by atoms with Crippen LogP contribution in [0, 0.1) is 13.8 Å². The van der Waals surface area contributed by atoms with Crippen LogP contribution in [0.1, 0.15) is 42.4 Å². The lowest BCUT2D eigenvalue weighted by molar-refractivity contribution is -0.141. The highest BCUT2D eigenvalue weighted by Gasteiger charge is 2.42. The molecule has 2 N–H and O–H groups in total. The predicted molar refractivity (Wildman–Crippen MR) is 81.0 cm³/mol. The fourth-order valence-corrected chi connectivity index (χ4v) is 3.24. The van der Waals surface area contributed by atoms with Crippen LogP contribution in [0.2, 0.25) is 0 Å². The van der Waals surface area contributed by atoms with Gasteiger partial charge in [-0.15, -0.1) is 0 Å². The van der Waals surface area contributed by atoms with Crippen molar-refractivity contribution >= 4 is 11.9 Å². The summed E-state index contributed by atoms with van der Waals surface area (Å²) >= 11 is 0. The van der Waals surface area contributed by atoms with Crippen molar-refractivity contribution in [2.75, 3.05) is 0 Å². The zero-order chi connectivity index (χ0) is 15.9. The normalized spacial score (nSPS) is 21.5. The van der Waals surface area contributed by atoms with Gasteiger partial charge in [0, 0.05) is 6.42 Å². The minimum absolute atomic E-state index is 0.0172. The summed E-state index contributed by atoms with van der Waals surface area (Å²) in [5.74, 6) is -0.307. The van der Waals surface area contributed by atoms with Crippen molar-refractivity contribution in [3.63, 3.8) is 0 Å². The average molecular weight is 303 g/mol. The number of carbonyl (C=O) groups excluding carboxylic acids is 1. The lowest BCUT2D eigenvalue weighted by Crippen LogP contribution is -2.57. The van der Waals surface area contributed by atoms with Crippen molar-refractivity contribution < 1.29 is 19.4 Å². The second-order valence-corrected chi connectivity index (χ2v) is 6.55. The van der Waals surface area contributed by atoms with Gasteiger partial charge in [-0.2, -0.15) is 0 Å². The van der Waals surface area contributed by atoms with Crippen molar-refractivity contribution in [3.8, 4) is 5.75 Å². The van der Waals surface area contributed by atoms with Crippen LogP contribution >= 0.6 is 0 Å². The van der Waals surface area contributed by atoms with Crippen molar-refractivity contribution in [2.45, 2.75) is 57.6 Å². The van der Waals surface area contributed by atoms with Gasteiger partial charge < -0.3 is 15.2 Å². The number of carboxylic acid groups (broad SMARTS) is 1. The smallest absolute Gasteiger partial charge is 0.305 e. The molecule has 1 fully saturated rings. The summed E-state index contributed by atoms with van der Waals surface area (Å²) in [7, 11) is 0. The maximum Gasteiger partial charge on any atom is 0.305 e. The minimum atomic E-state index is -0.873. The van der Waals surface area contributed by atoms with Crippen LogP contribution < -0.4 is 10.1 Å². The zero-order valence-electron chi connectivity index (χ0n) is 12.9. The third-order valence-corrected chi connectivity index (χ3v) is 4.83. The molecule has 1 heterocycles. The lowest BCUT2D eigenvalue weighted by Gasteiger charge is -2.41. The first-order valence-corrected chi connectivity index (χ1v) is 7.69. The number of fused-ring (bicyclic) bond motifs is 1. The van der Waals surface area contributed by atoms with E-state index in [1.807, 2.05) is 19.9 Å². The number of benzene rings is 1. The Balaban J connectivity index is 1.68. The third-order valence-electron chi connectivity index (χ3n) is 4.83. The van der Waals surface area contributed by atoms with Gasteiger partial charge in [-0.3, -0.25) is 9.59 Å². The number of hydrogen-bond donors (Lipinski definition) is 2. The van der Waals surface area contributed by atoms with Gasteiger partial charge in [0.15, 0.2) is 6.10 Å². The third kappa shape index (κ3) is 2.67.